The molecular weight excluding hydrogens is 366 g/mol. The Morgan fingerprint density at radius 3 is 3.03 bits per heavy atom. The summed E-state index contributed by atoms with van der Waals surface area (Å²) >= 11 is 0. The number of carbonyl (C=O) groups excluding carboxylic acids is 1. The Kier molecular flexibility index (Phi) is 7.61. The van der Waals surface area contributed by atoms with Gasteiger partial charge in [-0.2, -0.15) is 5.10 Å². The molecule has 1 amide bonds. The molecule has 6 heteroatoms. The molecule has 6 nitrogen and oxygen atoms in total. The van der Waals surface area contributed by atoms with Gasteiger partial charge in [0, 0.05) is 45.1 Å². The third-order valence-corrected chi connectivity index (χ3v) is 5.17. The molecule has 1 fully saturated rings. The number of rotatable bonds is 10. The van der Waals surface area contributed by atoms with E-state index < -0.39 is 0 Å². The average Bonchev–Trinajstić information content (AvgIpc) is 3.39. The molecule has 0 aliphatic carbocycles. The number of nitrogens with zero attached hydrogens (tertiary/aromatic N) is 3. The van der Waals surface area contributed by atoms with Gasteiger partial charge in [-0.05, 0) is 43.4 Å². The molecular formula is C23H31N3O3. The van der Waals surface area contributed by atoms with Gasteiger partial charge in [0.1, 0.15) is 0 Å². The van der Waals surface area contributed by atoms with Crippen molar-refractivity contribution in [3.8, 4) is 11.1 Å². The van der Waals surface area contributed by atoms with E-state index in [4.69, 9.17) is 9.47 Å². The summed E-state index contributed by atoms with van der Waals surface area (Å²) in [5.41, 5.74) is 4.43. The third-order valence-electron chi connectivity index (χ3n) is 5.17. The second-order valence-corrected chi connectivity index (χ2v) is 7.59. The molecule has 0 N–H and O–H groups in total. The van der Waals surface area contributed by atoms with Crippen LogP contribution in [-0.4, -0.2) is 53.1 Å². The highest BCUT2D eigenvalue weighted by molar-refractivity contribution is 5.87. The van der Waals surface area contributed by atoms with Gasteiger partial charge < -0.3 is 14.4 Å². The van der Waals surface area contributed by atoms with E-state index in [-0.39, 0.29) is 12.0 Å². The molecule has 2 aromatic rings. The smallest absolute Gasteiger partial charge is 0.246 e. The Bertz CT molecular complexity index is 825. The maximum atomic E-state index is 12.4. The fraction of sp³-hybridized carbons (Fsp3) is 0.478. The van der Waals surface area contributed by atoms with E-state index in [0.717, 1.165) is 42.6 Å². The lowest BCUT2D eigenvalue weighted by Crippen LogP contribution is -2.31. The van der Waals surface area contributed by atoms with Crippen molar-refractivity contribution in [2.45, 2.75) is 38.8 Å². The summed E-state index contributed by atoms with van der Waals surface area (Å²) < 4.78 is 13.1. The first kappa shape index (κ1) is 21.3. The van der Waals surface area contributed by atoms with E-state index in [1.165, 1.54) is 11.6 Å². The molecule has 1 unspecified atom stereocenters. The standard InChI is InChI=1S/C23H31N3O3/c1-4-23(27)26(10-6-11-28-17-21-7-5-12-29-21)16-19-9-8-18(2)13-22(19)20-14-24-25(3)15-20/h4,8-9,13-15,21H,1,5-7,10-12,16-17H2,2-3H3. The zero-order valence-corrected chi connectivity index (χ0v) is 17.5. The molecule has 1 aromatic heterocycles. The number of aromatic nitrogens is 2. The van der Waals surface area contributed by atoms with Crippen LogP contribution >= 0.6 is 0 Å². The summed E-state index contributed by atoms with van der Waals surface area (Å²) in [5.74, 6) is -0.0677. The number of carbonyl (C=O) groups is 1. The quantitative estimate of drug-likeness (QED) is 0.455. The summed E-state index contributed by atoms with van der Waals surface area (Å²) in [6.45, 7) is 8.98. The van der Waals surface area contributed by atoms with Crippen molar-refractivity contribution < 1.29 is 14.3 Å². The molecule has 0 saturated carbocycles. The lowest BCUT2D eigenvalue weighted by Gasteiger charge is -2.23. The third kappa shape index (κ3) is 6.02. The van der Waals surface area contributed by atoms with Crippen LogP contribution in [-0.2, 0) is 27.9 Å². The second kappa shape index (κ2) is 10.4. The predicted octanol–water partition coefficient (Wildman–Crippen LogP) is 3.50. The molecule has 1 aromatic carbocycles. The zero-order valence-electron chi connectivity index (χ0n) is 17.5. The summed E-state index contributed by atoms with van der Waals surface area (Å²) in [5, 5.41) is 4.29. The zero-order chi connectivity index (χ0) is 20.6. The number of amides is 1. The highest BCUT2D eigenvalue weighted by Crippen LogP contribution is 2.26. The molecule has 1 aliphatic rings. The first-order chi connectivity index (χ1) is 14.1. The minimum Gasteiger partial charge on any atom is -0.379 e. The summed E-state index contributed by atoms with van der Waals surface area (Å²) in [6.07, 6.45) is 8.44. The Balaban J connectivity index is 1.62. The normalized spacial score (nSPS) is 16.1. The Morgan fingerprint density at radius 1 is 1.48 bits per heavy atom. The molecule has 0 radical (unpaired) electrons. The van der Waals surface area contributed by atoms with Crippen LogP contribution in [0.1, 0.15) is 30.4 Å². The second-order valence-electron chi connectivity index (χ2n) is 7.59. The number of hydrogen-bond acceptors (Lipinski definition) is 4. The number of ether oxygens (including phenoxy) is 2. The molecule has 1 saturated heterocycles. The highest BCUT2D eigenvalue weighted by atomic mass is 16.5. The Labute approximate surface area is 173 Å². The summed E-state index contributed by atoms with van der Waals surface area (Å²) in [6, 6.07) is 6.32. The van der Waals surface area contributed by atoms with E-state index in [2.05, 4.69) is 36.8 Å². The molecule has 29 heavy (non-hydrogen) atoms. The van der Waals surface area contributed by atoms with Crippen LogP contribution in [0, 0.1) is 6.92 Å². The minimum atomic E-state index is -0.0677. The fourth-order valence-corrected chi connectivity index (χ4v) is 3.61. The van der Waals surface area contributed by atoms with Crippen LogP contribution in [0.5, 0.6) is 0 Å². The lowest BCUT2D eigenvalue weighted by atomic mass is 9.99. The van der Waals surface area contributed by atoms with Crippen LogP contribution in [0.15, 0.2) is 43.2 Å². The Hall–Kier alpha value is -2.44. The van der Waals surface area contributed by atoms with Crippen LogP contribution in [0.4, 0.5) is 0 Å². The van der Waals surface area contributed by atoms with Crippen molar-refractivity contribution in [3.05, 3.63) is 54.4 Å². The maximum Gasteiger partial charge on any atom is 0.246 e. The van der Waals surface area contributed by atoms with Crippen molar-refractivity contribution in [1.82, 2.24) is 14.7 Å². The summed E-state index contributed by atoms with van der Waals surface area (Å²) in [4.78, 5) is 14.3. The van der Waals surface area contributed by atoms with Gasteiger partial charge in [0.05, 0.1) is 18.9 Å². The molecule has 1 atom stereocenters. The van der Waals surface area contributed by atoms with Crippen molar-refractivity contribution >= 4 is 5.91 Å². The summed E-state index contributed by atoms with van der Waals surface area (Å²) in [7, 11) is 1.91. The minimum absolute atomic E-state index is 0.0677. The van der Waals surface area contributed by atoms with E-state index in [0.29, 0.717) is 26.3 Å². The van der Waals surface area contributed by atoms with Crippen molar-refractivity contribution in [3.63, 3.8) is 0 Å². The molecule has 156 valence electrons. The van der Waals surface area contributed by atoms with Crippen molar-refractivity contribution in [1.29, 1.82) is 0 Å². The number of hydrogen-bond donors (Lipinski definition) is 0. The van der Waals surface area contributed by atoms with E-state index in [9.17, 15) is 4.79 Å². The van der Waals surface area contributed by atoms with Gasteiger partial charge in [0.25, 0.3) is 0 Å². The van der Waals surface area contributed by atoms with Crippen LogP contribution < -0.4 is 0 Å². The van der Waals surface area contributed by atoms with Gasteiger partial charge in [-0.25, -0.2) is 0 Å². The lowest BCUT2D eigenvalue weighted by molar-refractivity contribution is -0.126. The fourth-order valence-electron chi connectivity index (χ4n) is 3.61. The molecule has 0 bridgehead atoms. The number of benzene rings is 1. The van der Waals surface area contributed by atoms with Crippen molar-refractivity contribution in [2.75, 3.05) is 26.4 Å². The van der Waals surface area contributed by atoms with Gasteiger partial charge in [0.2, 0.25) is 5.91 Å². The van der Waals surface area contributed by atoms with E-state index >= 15 is 0 Å². The van der Waals surface area contributed by atoms with Crippen LogP contribution in [0.3, 0.4) is 0 Å². The molecule has 0 spiro atoms. The van der Waals surface area contributed by atoms with Crippen LogP contribution in [0.2, 0.25) is 0 Å². The molecule has 3 rings (SSSR count). The number of aryl methyl sites for hydroxylation is 2. The molecule has 1 aliphatic heterocycles. The van der Waals surface area contributed by atoms with Crippen molar-refractivity contribution in [2.24, 2.45) is 7.05 Å². The highest BCUT2D eigenvalue weighted by Gasteiger charge is 2.17. The maximum absolute atomic E-state index is 12.4. The largest absolute Gasteiger partial charge is 0.379 e. The van der Waals surface area contributed by atoms with Gasteiger partial charge in [-0.15, -0.1) is 0 Å². The van der Waals surface area contributed by atoms with Gasteiger partial charge in [-0.1, -0.05) is 30.3 Å². The van der Waals surface area contributed by atoms with Gasteiger partial charge >= 0.3 is 0 Å². The monoisotopic (exact) mass is 397 g/mol. The van der Waals surface area contributed by atoms with Gasteiger partial charge in [-0.3, -0.25) is 9.48 Å². The SMILES string of the molecule is C=CC(=O)N(CCCOCC1CCCO1)Cc1ccc(C)cc1-c1cnn(C)c1. The van der Waals surface area contributed by atoms with E-state index in [1.807, 2.05) is 24.3 Å². The van der Waals surface area contributed by atoms with Gasteiger partial charge in [0.15, 0.2) is 0 Å². The van der Waals surface area contributed by atoms with Crippen LogP contribution in [0.25, 0.3) is 11.1 Å². The Morgan fingerprint density at radius 2 is 2.34 bits per heavy atom. The van der Waals surface area contributed by atoms with E-state index in [1.54, 1.807) is 4.68 Å². The first-order valence-electron chi connectivity index (χ1n) is 10.3. The average molecular weight is 398 g/mol. The first-order valence-corrected chi connectivity index (χ1v) is 10.3. The predicted molar refractivity (Wildman–Crippen MR) is 113 cm³/mol. The topological polar surface area (TPSA) is 56.6 Å². The molecule has 2 heterocycles.